The highest BCUT2D eigenvalue weighted by molar-refractivity contribution is 6.31. The highest BCUT2D eigenvalue weighted by Crippen LogP contribution is 2.18. The molecule has 0 aliphatic rings. The van der Waals surface area contributed by atoms with Gasteiger partial charge in [-0.1, -0.05) is 29.8 Å². The maximum Gasteiger partial charge on any atom is 0.338 e. The van der Waals surface area contributed by atoms with Gasteiger partial charge < -0.3 is 9.47 Å². The fourth-order valence-electron chi connectivity index (χ4n) is 1.82. The summed E-state index contributed by atoms with van der Waals surface area (Å²) in [7, 11) is 1.58. The van der Waals surface area contributed by atoms with E-state index in [9.17, 15) is 9.18 Å². The van der Waals surface area contributed by atoms with Crippen molar-refractivity contribution in [3.8, 4) is 0 Å². The van der Waals surface area contributed by atoms with Gasteiger partial charge in [0, 0.05) is 12.7 Å². The van der Waals surface area contributed by atoms with Crippen LogP contribution in [0.15, 0.2) is 42.5 Å². The van der Waals surface area contributed by atoms with Gasteiger partial charge in [-0.2, -0.15) is 0 Å². The van der Waals surface area contributed by atoms with Crippen molar-refractivity contribution in [3.63, 3.8) is 0 Å². The minimum absolute atomic E-state index is 0.00749. The van der Waals surface area contributed by atoms with Crippen molar-refractivity contribution >= 4 is 17.6 Å². The summed E-state index contributed by atoms with van der Waals surface area (Å²) in [6.07, 6.45) is 0. The van der Waals surface area contributed by atoms with Gasteiger partial charge in [-0.05, 0) is 29.8 Å². The third-order valence-corrected chi connectivity index (χ3v) is 3.20. The van der Waals surface area contributed by atoms with E-state index in [1.54, 1.807) is 25.3 Å². The number of esters is 1. The van der Waals surface area contributed by atoms with E-state index >= 15 is 0 Å². The van der Waals surface area contributed by atoms with Crippen LogP contribution in [0.25, 0.3) is 0 Å². The first-order valence-electron chi connectivity index (χ1n) is 6.29. The Bertz CT molecular complexity index is 643. The topological polar surface area (TPSA) is 35.5 Å². The van der Waals surface area contributed by atoms with Crippen LogP contribution in [0.4, 0.5) is 4.39 Å². The Morgan fingerprint density at radius 1 is 1.19 bits per heavy atom. The molecule has 5 heteroatoms. The molecule has 2 rings (SSSR count). The van der Waals surface area contributed by atoms with Gasteiger partial charge in [0.25, 0.3) is 0 Å². The van der Waals surface area contributed by atoms with Crippen LogP contribution in [0.1, 0.15) is 21.5 Å². The summed E-state index contributed by atoms with van der Waals surface area (Å²) < 4.78 is 23.1. The van der Waals surface area contributed by atoms with Crippen molar-refractivity contribution in [2.75, 3.05) is 7.11 Å². The molecule has 0 saturated heterocycles. The largest absolute Gasteiger partial charge is 0.457 e. The van der Waals surface area contributed by atoms with Crippen molar-refractivity contribution in [3.05, 3.63) is 70.0 Å². The first-order valence-corrected chi connectivity index (χ1v) is 6.67. The van der Waals surface area contributed by atoms with Gasteiger partial charge in [0.05, 0.1) is 17.2 Å². The summed E-state index contributed by atoms with van der Waals surface area (Å²) in [6, 6.07) is 10.9. The monoisotopic (exact) mass is 308 g/mol. The number of hydrogen-bond acceptors (Lipinski definition) is 3. The predicted molar refractivity (Wildman–Crippen MR) is 77.7 cm³/mol. The molecule has 0 heterocycles. The molecule has 0 atom stereocenters. The Morgan fingerprint density at radius 2 is 2.00 bits per heavy atom. The highest BCUT2D eigenvalue weighted by atomic mass is 35.5. The molecule has 3 nitrogen and oxygen atoms in total. The van der Waals surface area contributed by atoms with Crippen LogP contribution >= 0.6 is 11.6 Å². The smallest absolute Gasteiger partial charge is 0.338 e. The second-order valence-electron chi connectivity index (χ2n) is 4.45. The average Bonchev–Trinajstić information content (AvgIpc) is 2.47. The molecule has 2 aromatic carbocycles. The van der Waals surface area contributed by atoms with Crippen LogP contribution in [0.5, 0.6) is 0 Å². The lowest BCUT2D eigenvalue weighted by Gasteiger charge is -2.08. The standard InChI is InChI=1S/C16H14ClFO3/c1-20-9-11-3-2-4-12(7-11)16(19)21-10-13-5-6-14(18)8-15(13)17/h2-8H,9-10H2,1H3. The zero-order valence-corrected chi connectivity index (χ0v) is 12.2. The minimum Gasteiger partial charge on any atom is -0.457 e. The van der Waals surface area contributed by atoms with Gasteiger partial charge in [-0.15, -0.1) is 0 Å². The van der Waals surface area contributed by atoms with Crippen LogP contribution in [0.3, 0.4) is 0 Å². The van der Waals surface area contributed by atoms with E-state index in [0.29, 0.717) is 17.7 Å². The Kier molecular flexibility index (Phi) is 5.31. The first-order chi connectivity index (χ1) is 10.1. The molecule has 2 aromatic rings. The van der Waals surface area contributed by atoms with E-state index in [1.165, 1.54) is 18.2 Å². The normalized spacial score (nSPS) is 10.4. The van der Waals surface area contributed by atoms with Gasteiger partial charge >= 0.3 is 5.97 Å². The van der Waals surface area contributed by atoms with Gasteiger partial charge in [0.15, 0.2) is 0 Å². The third kappa shape index (κ3) is 4.28. The molecule has 0 fully saturated rings. The molecule has 0 spiro atoms. The second kappa shape index (κ2) is 7.20. The van der Waals surface area contributed by atoms with Crippen molar-refractivity contribution in [2.45, 2.75) is 13.2 Å². The maximum absolute atomic E-state index is 12.9. The van der Waals surface area contributed by atoms with Crippen LogP contribution in [-0.4, -0.2) is 13.1 Å². The Morgan fingerprint density at radius 3 is 2.71 bits per heavy atom. The zero-order valence-electron chi connectivity index (χ0n) is 11.4. The van der Waals surface area contributed by atoms with Gasteiger partial charge in [-0.25, -0.2) is 9.18 Å². The Labute approximate surface area is 127 Å². The third-order valence-electron chi connectivity index (χ3n) is 2.85. The zero-order chi connectivity index (χ0) is 15.2. The van der Waals surface area contributed by atoms with Crippen molar-refractivity contribution < 1.29 is 18.7 Å². The van der Waals surface area contributed by atoms with E-state index in [1.807, 2.05) is 6.07 Å². The summed E-state index contributed by atoms with van der Waals surface area (Å²) in [5, 5.41) is 0.232. The second-order valence-corrected chi connectivity index (χ2v) is 4.85. The lowest BCUT2D eigenvalue weighted by molar-refractivity contribution is 0.0472. The van der Waals surface area contributed by atoms with Crippen molar-refractivity contribution in [1.29, 1.82) is 0 Å². The first kappa shape index (κ1) is 15.5. The molecule has 0 aromatic heterocycles. The molecule has 0 saturated carbocycles. The molecule has 21 heavy (non-hydrogen) atoms. The number of carbonyl (C=O) groups is 1. The average molecular weight is 309 g/mol. The molecule has 0 radical (unpaired) electrons. The fraction of sp³-hybridized carbons (Fsp3) is 0.188. The predicted octanol–water partition coefficient (Wildman–Crippen LogP) is 3.98. The summed E-state index contributed by atoms with van der Waals surface area (Å²) in [6.45, 7) is 0.414. The van der Waals surface area contributed by atoms with Gasteiger partial charge in [0.2, 0.25) is 0 Å². The van der Waals surface area contributed by atoms with Gasteiger partial charge in [0.1, 0.15) is 12.4 Å². The summed E-state index contributed by atoms with van der Waals surface area (Å²) in [5.41, 5.74) is 1.87. The lowest BCUT2D eigenvalue weighted by Crippen LogP contribution is -2.06. The Hall–Kier alpha value is -1.91. The SMILES string of the molecule is COCc1cccc(C(=O)OCc2ccc(F)cc2Cl)c1. The summed E-state index contributed by atoms with van der Waals surface area (Å²) in [5.74, 6) is -0.893. The van der Waals surface area contributed by atoms with E-state index in [2.05, 4.69) is 0 Å². The number of hydrogen-bond donors (Lipinski definition) is 0. The molecule has 0 bridgehead atoms. The van der Waals surface area contributed by atoms with Gasteiger partial charge in [-0.3, -0.25) is 0 Å². The van der Waals surface area contributed by atoms with Crippen LogP contribution in [-0.2, 0) is 22.7 Å². The van der Waals surface area contributed by atoms with E-state index < -0.39 is 11.8 Å². The van der Waals surface area contributed by atoms with E-state index in [-0.39, 0.29) is 11.6 Å². The molecule has 0 aliphatic carbocycles. The van der Waals surface area contributed by atoms with Crippen molar-refractivity contribution in [2.24, 2.45) is 0 Å². The van der Waals surface area contributed by atoms with Crippen LogP contribution < -0.4 is 0 Å². The number of benzene rings is 2. The van der Waals surface area contributed by atoms with Crippen LogP contribution in [0.2, 0.25) is 5.02 Å². The molecular formula is C16H14ClFO3. The molecule has 0 N–H and O–H groups in total. The number of methoxy groups -OCH3 is 1. The van der Waals surface area contributed by atoms with Crippen molar-refractivity contribution in [1.82, 2.24) is 0 Å². The molecule has 0 aliphatic heterocycles. The van der Waals surface area contributed by atoms with Crippen LogP contribution in [0, 0.1) is 5.82 Å². The lowest BCUT2D eigenvalue weighted by atomic mass is 10.1. The quantitative estimate of drug-likeness (QED) is 0.784. The molecule has 110 valence electrons. The minimum atomic E-state index is -0.464. The fourth-order valence-corrected chi connectivity index (χ4v) is 2.04. The number of ether oxygens (including phenoxy) is 2. The molecular weight excluding hydrogens is 295 g/mol. The Balaban J connectivity index is 2.02. The van der Waals surface area contributed by atoms with E-state index in [4.69, 9.17) is 21.1 Å². The van der Waals surface area contributed by atoms with E-state index in [0.717, 1.165) is 5.56 Å². The number of halogens is 2. The highest BCUT2D eigenvalue weighted by Gasteiger charge is 2.10. The number of carbonyl (C=O) groups excluding carboxylic acids is 1. The molecule has 0 unspecified atom stereocenters. The molecule has 0 amide bonds. The number of rotatable bonds is 5. The summed E-state index contributed by atoms with van der Waals surface area (Å²) >= 11 is 5.88. The summed E-state index contributed by atoms with van der Waals surface area (Å²) in [4.78, 5) is 12.0. The maximum atomic E-state index is 12.9.